The van der Waals surface area contributed by atoms with Crippen LogP contribution in [0.4, 0.5) is 5.13 Å². The van der Waals surface area contributed by atoms with E-state index >= 15 is 0 Å². The van der Waals surface area contributed by atoms with E-state index in [2.05, 4.69) is 36.6 Å². The van der Waals surface area contributed by atoms with Gasteiger partial charge in [-0.05, 0) is 13.0 Å². The number of hydrogen-bond donors (Lipinski definition) is 1. The third-order valence-corrected chi connectivity index (χ3v) is 6.69. The van der Waals surface area contributed by atoms with Crippen LogP contribution in [0.2, 0.25) is 0 Å². The number of aryl methyl sites for hydroxylation is 1. The number of amides is 1. The fraction of sp³-hybridized carbons (Fsp3) is 0.125. The largest absolute Gasteiger partial charge is 0.320 e. The second kappa shape index (κ2) is 9.13. The van der Waals surface area contributed by atoms with Gasteiger partial charge in [0.1, 0.15) is 5.52 Å². The number of nitrogens with one attached hydrogen (secondary N) is 1. The van der Waals surface area contributed by atoms with Gasteiger partial charge in [0.25, 0.3) is 0 Å². The van der Waals surface area contributed by atoms with Crippen LogP contribution in [-0.2, 0) is 11.3 Å². The van der Waals surface area contributed by atoms with Crippen LogP contribution in [0.5, 0.6) is 0 Å². The summed E-state index contributed by atoms with van der Waals surface area (Å²) in [6.45, 7) is 6.51. The minimum absolute atomic E-state index is 0.161. The zero-order chi connectivity index (χ0) is 22.8. The predicted octanol–water partition coefficient (Wildman–Crippen LogP) is 5.33. The minimum Gasteiger partial charge on any atom is -0.320 e. The van der Waals surface area contributed by atoms with Crippen LogP contribution in [0, 0.1) is 6.92 Å². The molecule has 33 heavy (non-hydrogen) atoms. The molecule has 0 atom stereocenters. The molecule has 0 fully saturated rings. The molecule has 0 bridgehead atoms. The van der Waals surface area contributed by atoms with Gasteiger partial charge in [-0.25, -0.2) is 9.97 Å². The number of carbonyl (C=O) groups excluding carboxylic acids is 1. The Labute approximate surface area is 198 Å². The van der Waals surface area contributed by atoms with Crippen molar-refractivity contribution in [2.75, 3.05) is 11.1 Å². The van der Waals surface area contributed by atoms with E-state index in [1.54, 1.807) is 0 Å². The van der Waals surface area contributed by atoms with Gasteiger partial charge in [0.15, 0.2) is 10.8 Å². The molecule has 5 rings (SSSR count). The Kier molecular flexibility index (Phi) is 5.89. The first-order chi connectivity index (χ1) is 16.1. The van der Waals surface area contributed by atoms with Gasteiger partial charge in [-0.15, -0.1) is 28.1 Å². The molecule has 0 radical (unpaired) electrons. The van der Waals surface area contributed by atoms with E-state index in [0.717, 1.165) is 33.3 Å². The van der Waals surface area contributed by atoms with Crippen LogP contribution in [0.1, 0.15) is 5.56 Å². The summed E-state index contributed by atoms with van der Waals surface area (Å²) < 4.78 is 2.05. The van der Waals surface area contributed by atoms with Gasteiger partial charge in [0, 0.05) is 22.9 Å². The van der Waals surface area contributed by atoms with Gasteiger partial charge in [-0.1, -0.05) is 65.9 Å². The van der Waals surface area contributed by atoms with Crippen LogP contribution >= 0.6 is 23.1 Å². The summed E-state index contributed by atoms with van der Waals surface area (Å²) in [5, 5.41) is 15.4. The number of thioether (sulfide) groups is 1. The first kappa shape index (κ1) is 21.3. The van der Waals surface area contributed by atoms with E-state index in [1.807, 2.05) is 66.9 Å². The average Bonchev–Trinajstić information content (AvgIpc) is 3.41. The van der Waals surface area contributed by atoms with Crippen molar-refractivity contribution in [1.29, 1.82) is 0 Å². The zero-order valence-corrected chi connectivity index (χ0v) is 19.5. The Hall–Kier alpha value is -3.56. The summed E-state index contributed by atoms with van der Waals surface area (Å²) in [6, 6.07) is 16.1. The number of benzene rings is 2. The first-order valence-electron chi connectivity index (χ1n) is 10.3. The van der Waals surface area contributed by atoms with Crippen molar-refractivity contribution in [1.82, 2.24) is 24.7 Å². The topological polar surface area (TPSA) is 85.6 Å². The number of thiazole rings is 1. The molecule has 0 saturated heterocycles. The molecule has 0 aliphatic heterocycles. The molecule has 3 heterocycles. The summed E-state index contributed by atoms with van der Waals surface area (Å²) in [6.07, 6.45) is 1.83. The van der Waals surface area contributed by atoms with Crippen molar-refractivity contribution in [3.05, 3.63) is 72.1 Å². The molecule has 0 saturated carbocycles. The van der Waals surface area contributed by atoms with E-state index < -0.39 is 0 Å². The number of rotatable bonds is 7. The summed E-state index contributed by atoms with van der Waals surface area (Å²) in [7, 11) is 0. The van der Waals surface area contributed by atoms with Crippen LogP contribution < -0.4 is 5.32 Å². The number of hydrogen-bond acceptors (Lipinski definition) is 7. The third-order valence-electron chi connectivity index (χ3n) is 5.10. The van der Waals surface area contributed by atoms with Crippen LogP contribution in [-0.4, -0.2) is 36.4 Å². The molecule has 7 nitrogen and oxygen atoms in total. The Morgan fingerprint density at radius 1 is 1.15 bits per heavy atom. The quantitative estimate of drug-likeness (QED) is 0.255. The highest BCUT2D eigenvalue weighted by Gasteiger charge is 2.15. The number of allylic oxidation sites excluding steroid dienone is 1. The Balaban J connectivity index is 1.29. The Bertz CT molecular complexity index is 1470. The fourth-order valence-electron chi connectivity index (χ4n) is 3.54. The summed E-state index contributed by atoms with van der Waals surface area (Å²) >= 11 is 2.65. The van der Waals surface area contributed by atoms with Crippen molar-refractivity contribution in [2.24, 2.45) is 0 Å². The number of carbonyl (C=O) groups is 1. The molecule has 0 unspecified atom stereocenters. The standard InChI is InChI=1S/C24H20N6OS2/c1-3-12-30-19-7-5-4-6-17(19)21-22(30)27-24(29-28-21)33-14-20(31)26-23-25-18(13-32-23)16-10-8-15(2)9-11-16/h3-11,13H,1,12,14H2,2H3,(H,25,26,31). The molecular weight excluding hydrogens is 452 g/mol. The van der Waals surface area contributed by atoms with Crippen molar-refractivity contribution >= 4 is 56.2 Å². The summed E-state index contributed by atoms with van der Waals surface area (Å²) in [5.41, 5.74) is 5.57. The molecular formula is C24H20N6OS2. The molecule has 5 aromatic rings. The lowest BCUT2D eigenvalue weighted by molar-refractivity contribution is -0.113. The molecule has 0 aliphatic carbocycles. The predicted molar refractivity (Wildman–Crippen MR) is 135 cm³/mol. The van der Waals surface area contributed by atoms with E-state index in [-0.39, 0.29) is 11.7 Å². The zero-order valence-electron chi connectivity index (χ0n) is 17.9. The molecule has 9 heteroatoms. The molecule has 2 aromatic carbocycles. The molecule has 3 aromatic heterocycles. The highest BCUT2D eigenvalue weighted by Crippen LogP contribution is 2.28. The highest BCUT2D eigenvalue weighted by atomic mass is 32.2. The number of fused-ring (bicyclic) bond motifs is 3. The molecule has 1 amide bonds. The van der Waals surface area contributed by atoms with Crippen molar-refractivity contribution in [3.8, 4) is 11.3 Å². The maximum atomic E-state index is 12.5. The number of anilines is 1. The maximum Gasteiger partial charge on any atom is 0.236 e. The minimum atomic E-state index is -0.167. The molecule has 164 valence electrons. The van der Waals surface area contributed by atoms with E-state index in [0.29, 0.717) is 16.8 Å². The lowest BCUT2D eigenvalue weighted by atomic mass is 10.1. The second-order valence-electron chi connectivity index (χ2n) is 7.42. The summed E-state index contributed by atoms with van der Waals surface area (Å²) in [4.78, 5) is 21.7. The van der Waals surface area contributed by atoms with Crippen molar-refractivity contribution < 1.29 is 4.79 Å². The fourth-order valence-corrected chi connectivity index (χ4v) is 4.86. The van der Waals surface area contributed by atoms with E-state index in [4.69, 9.17) is 0 Å². The molecule has 0 aliphatic rings. The van der Waals surface area contributed by atoms with Gasteiger partial charge in [0.05, 0.1) is 17.0 Å². The van der Waals surface area contributed by atoms with Gasteiger partial charge < -0.3 is 9.88 Å². The third kappa shape index (κ3) is 4.37. The van der Waals surface area contributed by atoms with Crippen LogP contribution in [0.15, 0.2) is 71.7 Å². The van der Waals surface area contributed by atoms with Crippen LogP contribution in [0.3, 0.4) is 0 Å². The van der Waals surface area contributed by atoms with E-state index in [1.165, 1.54) is 28.7 Å². The smallest absolute Gasteiger partial charge is 0.236 e. The second-order valence-corrected chi connectivity index (χ2v) is 9.22. The average molecular weight is 473 g/mol. The summed E-state index contributed by atoms with van der Waals surface area (Å²) in [5.74, 6) is -0.00551. The number of nitrogens with zero attached hydrogens (tertiary/aromatic N) is 5. The Morgan fingerprint density at radius 2 is 1.97 bits per heavy atom. The molecule has 0 spiro atoms. The number of aromatic nitrogens is 5. The normalized spacial score (nSPS) is 11.2. The van der Waals surface area contributed by atoms with E-state index in [9.17, 15) is 4.79 Å². The lowest BCUT2D eigenvalue weighted by Gasteiger charge is -2.04. The lowest BCUT2D eigenvalue weighted by Crippen LogP contribution is -2.14. The van der Waals surface area contributed by atoms with Gasteiger partial charge in [-0.2, -0.15) is 0 Å². The monoisotopic (exact) mass is 472 g/mol. The van der Waals surface area contributed by atoms with Crippen molar-refractivity contribution in [3.63, 3.8) is 0 Å². The van der Waals surface area contributed by atoms with Gasteiger partial charge in [-0.3, -0.25) is 4.79 Å². The van der Waals surface area contributed by atoms with Crippen LogP contribution in [0.25, 0.3) is 33.3 Å². The highest BCUT2D eigenvalue weighted by molar-refractivity contribution is 7.99. The molecule has 1 N–H and O–H groups in total. The van der Waals surface area contributed by atoms with Gasteiger partial charge in [0.2, 0.25) is 11.1 Å². The number of para-hydroxylation sites is 1. The Morgan fingerprint density at radius 3 is 2.79 bits per heavy atom. The SMILES string of the molecule is C=CCn1c2ccccc2c2nnc(SCC(=O)Nc3nc(-c4ccc(C)cc4)cs3)nc21. The first-order valence-corrected chi connectivity index (χ1v) is 12.2. The van der Waals surface area contributed by atoms with Gasteiger partial charge >= 0.3 is 0 Å². The van der Waals surface area contributed by atoms with Crippen molar-refractivity contribution in [2.45, 2.75) is 18.6 Å². The maximum absolute atomic E-state index is 12.5.